The Bertz CT molecular complexity index is 361. The van der Waals surface area contributed by atoms with Crippen LogP contribution in [0.2, 0.25) is 0 Å². The van der Waals surface area contributed by atoms with Crippen LogP contribution < -0.4 is 5.32 Å². The molecule has 0 saturated carbocycles. The maximum atomic E-state index is 11.9. The normalized spacial score (nSPS) is 21.2. The van der Waals surface area contributed by atoms with Crippen molar-refractivity contribution in [2.45, 2.75) is 26.0 Å². The van der Waals surface area contributed by atoms with Gasteiger partial charge in [-0.25, -0.2) is 0 Å². The number of carbonyl (C=O) groups is 1. The summed E-state index contributed by atoms with van der Waals surface area (Å²) in [4.78, 5) is 14.2. The van der Waals surface area contributed by atoms with Gasteiger partial charge in [0, 0.05) is 31.2 Å². The van der Waals surface area contributed by atoms with Gasteiger partial charge in [0.1, 0.15) is 0 Å². The van der Waals surface area contributed by atoms with Gasteiger partial charge in [0.05, 0.1) is 12.7 Å². The maximum Gasteiger partial charge on any atom is 0.251 e. The second-order valence-electron chi connectivity index (χ2n) is 4.85. The Kier molecular flexibility index (Phi) is 6.53. The van der Waals surface area contributed by atoms with Gasteiger partial charge in [-0.3, -0.25) is 9.69 Å². The number of rotatable bonds is 6. The highest BCUT2D eigenvalue weighted by Crippen LogP contribution is 2.08. The summed E-state index contributed by atoms with van der Waals surface area (Å²) in [5, 5.41) is 2.87. The lowest BCUT2D eigenvalue weighted by atomic mass is 10.2. The van der Waals surface area contributed by atoms with Crippen LogP contribution in [0.4, 0.5) is 0 Å². The summed E-state index contributed by atoms with van der Waals surface area (Å²) in [6.07, 6.45) is 4.80. The molecule has 4 nitrogen and oxygen atoms in total. The van der Waals surface area contributed by atoms with Gasteiger partial charge in [-0.2, -0.15) is 0 Å². The van der Waals surface area contributed by atoms with Crippen LogP contribution in [-0.4, -0.2) is 49.2 Å². The number of carbonyl (C=O) groups excluding carboxylic acids is 1. The molecule has 0 radical (unpaired) electrons. The first-order valence-corrected chi connectivity index (χ1v) is 6.67. The van der Waals surface area contributed by atoms with Crippen molar-refractivity contribution in [2.75, 3.05) is 26.2 Å². The summed E-state index contributed by atoms with van der Waals surface area (Å²) < 4.78 is 5.66. The second kappa shape index (κ2) is 7.92. The lowest BCUT2D eigenvalue weighted by Crippen LogP contribution is -2.49. The molecule has 1 atom stereocenters. The summed E-state index contributed by atoms with van der Waals surface area (Å²) >= 11 is 0. The van der Waals surface area contributed by atoms with Gasteiger partial charge < -0.3 is 10.1 Å². The molecule has 106 valence electrons. The van der Waals surface area contributed by atoms with Crippen molar-refractivity contribution in [1.82, 2.24) is 10.2 Å². The van der Waals surface area contributed by atoms with Crippen LogP contribution in [0.3, 0.4) is 0 Å². The van der Waals surface area contributed by atoms with Crippen molar-refractivity contribution < 1.29 is 9.53 Å². The third-order valence-corrected chi connectivity index (χ3v) is 3.17. The van der Waals surface area contributed by atoms with Crippen LogP contribution in [0, 0.1) is 0 Å². The minimum Gasteiger partial charge on any atom is -0.374 e. The fraction of sp³-hybridized carbons (Fsp3) is 0.533. The highest BCUT2D eigenvalue weighted by molar-refractivity contribution is 5.96. The lowest BCUT2D eigenvalue weighted by Gasteiger charge is -2.35. The van der Waals surface area contributed by atoms with E-state index in [-0.39, 0.29) is 12.0 Å². The van der Waals surface area contributed by atoms with E-state index < -0.39 is 0 Å². The van der Waals surface area contributed by atoms with E-state index in [1.54, 1.807) is 12.2 Å². The topological polar surface area (TPSA) is 41.6 Å². The zero-order valence-corrected chi connectivity index (χ0v) is 11.9. The molecule has 0 spiro atoms. The molecular weight excluding hydrogens is 240 g/mol. The van der Waals surface area contributed by atoms with Crippen molar-refractivity contribution in [3.63, 3.8) is 0 Å². The van der Waals surface area contributed by atoms with Crippen molar-refractivity contribution in [3.8, 4) is 0 Å². The number of ether oxygens (including phenoxy) is 1. The molecule has 0 aromatic carbocycles. The molecule has 1 fully saturated rings. The summed E-state index contributed by atoms with van der Waals surface area (Å²) in [5.41, 5.74) is 0.520. The number of nitrogens with one attached hydrogen (secondary N) is 1. The number of allylic oxidation sites excluding steroid dienone is 2. The van der Waals surface area contributed by atoms with E-state index in [0.717, 1.165) is 19.7 Å². The molecule has 1 unspecified atom stereocenters. The van der Waals surface area contributed by atoms with Crippen LogP contribution in [-0.2, 0) is 9.53 Å². The van der Waals surface area contributed by atoms with Crippen LogP contribution in [0.1, 0.15) is 13.8 Å². The van der Waals surface area contributed by atoms with E-state index in [0.29, 0.717) is 18.2 Å². The number of morpholine rings is 1. The Morgan fingerprint density at radius 1 is 1.53 bits per heavy atom. The SMILES string of the molecule is C=C/C=C(\C=C)C(=O)NCC1CN(C(C)C)CCO1. The molecule has 1 heterocycles. The van der Waals surface area contributed by atoms with E-state index in [9.17, 15) is 4.79 Å². The summed E-state index contributed by atoms with van der Waals surface area (Å²) in [6.45, 7) is 14.6. The van der Waals surface area contributed by atoms with Gasteiger partial charge in [-0.05, 0) is 13.8 Å². The Balaban J connectivity index is 2.43. The molecule has 0 bridgehead atoms. The first-order chi connectivity index (χ1) is 9.08. The number of hydrogen-bond donors (Lipinski definition) is 1. The van der Waals surface area contributed by atoms with Gasteiger partial charge in [-0.15, -0.1) is 0 Å². The molecular formula is C15H24N2O2. The summed E-state index contributed by atoms with van der Waals surface area (Å²) in [7, 11) is 0. The molecule has 1 aliphatic heterocycles. The number of hydrogen-bond acceptors (Lipinski definition) is 3. The minimum absolute atomic E-state index is 0.0508. The molecule has 4 heteroatoms. The first kappa shape index (κ1) is 15.7. The van der Waals surface area contributed by atoms with Crippen molar-refractivity contribution in [3.05, 3.63) is 37.0 Å². The van der Waals surface area contributed by atoms with E-state index in [2.05, 4.69) is 37.2 Å². The average molecular weight is 264 g/mol. The molecule has 19 heavy (non-hydrogen) atoms. The van der Waals surface area contributed by atoms with Crippen LogP contribution in [0.15, 0.2) is 37.0 Å². The quantitative estimate of drug-likeness (QED) is 0.584. The zero-order valence-electron chi connectivity index (χ0n) is 11.9. The summed E-state index contributed by atoms with van der Waals surface area (Å²) in [6, 6.07) is 0.506. The molecule has 1 amide bonds. The molecule has 0 aromatic rings. The Hall–Kier alpha value is -1.39. The van der Waals surface area contributed by atoms with Crippen LogP contribution in [0.25, 0.3) is 0 Å². The van der Waals surface area contributed by atoms with Gasteiger partial charge in [-0.1, -0.05) is 31.4 Å². The smallest absolute Gasteiger partial charge is 0.251 e. The second-order valence-corrected chi connectivity index (χ2v) is 4.85. The first-order valence-electron chi connectivity index (χ1n) is 6.67. The molecule has 1 aliphatic rings. The Morgan fingerprint density at radius 2 is 2.26 bits per heavy atom. The average Bonchev–Trinajstić information content (AvgIpc) is 2.42. The minimum atomic E-state index is -0.139. The van der Waals surface area contributed by atoms with Gasteiger partial charge in [0.2, 0.25) is 0 Å². The molecule has 0 aromatic heterocycles. The third kappa shape index (κ3) is 5.01. The highest BCUT2D eigenvalue weighted by atomic mass is 16.5. The van der Waals surface area contributed by atoms with Crippen molar-refractivity contribution in [2.24, 2.45) is 0 Å². The van der Waals surface area contributed by atoms with E-state index in [4.69, 9.17) is 4.74 Å². The standard InChI is InChI=1S/C15H24N2O2/c1-5-7-13(6-2)15(18)16-10-14-11-17(12(3)4)8-9-19-14/h5-7,12,14H,1-2,8-11H2,3-4H3,(H,16,18)/b13-7+. The predicted molar refractivity (Wildman–Crippen MR) is 77.9 cm³/mol. The van der Waals surface area contributed by atoms with Crippen LogP contribution >= 0.6 is 0 Å². The van der Waals surface area contributed by atoms with Crippen molar-refractivity contribution >= 4 is 5.91 Å². The highest BCUT2D eigenvalue weighted by Gasteiger charge is 2.22. The maximum absolute atomic E-state index is 11.9. The lowest BCUT2D eigenvalue weighted by molar-refractivity contribution is -0.118. The van der Waals surface area contributed by atoms with Gasteiger partial charge in [0.15, 0.2) is 0 Å². The van der Waals surface area contributed by atoms with Gasteiger partial charge >= 0.3 is 0 Å². The molecule has 0 aliphatic carbocycles. The number of nitrogens with zero attached hydrogens (tertiary/aromatic N) is 1. The fourth-order valence-corrected chi connectivity index (χ4v) is 2.01. The summed E-state index contributed by atoms with van der Waals surface area (Å²) in [5.74, 6) is -0.139. The number of amides is 1. The predicted octanol–water partition coefficient (Wildman–Crippen LogP) is 1.51. The van der Waals surface area contributed by atoms with Crippen LogP contribution in [0.5, 0.6) is 0 Å². The van der Waals surface area contributed by atoms with E-state index >= 15 is 0 Å². The Labute approximate surface area is 115 Å². The fourth-order valence-electron chi connectivity index (χ4n) is 2.01. The zero-order chi connectivity index (χ0) is 14.3. The molecule has 1 saturated heterocycles. The van der Waals surface area contributed by atoms with E-state index in [1.807, 2.05) is 0 Å². The monoisotopic (exact) mass is 264 g/mol. The largest absolute Gasteiger partial charge is 0.374 e. The van der Waals surface area contributed by atoms with E-state index in [1.165, 1.54) is 6.08 Å². The molecule has 1 rings (SSSR count). The molecule has 1 N–H and O–H groups in total. The third-order valence-electron chi connectivity index (χ3n) is 3.17. The van der Waals surface area contributed by atoms with Gasteiger partial charge in [0.25, 0.3) is 5.91 Å². The van der Waals surface area contributed by atoms with Crippen molar-refractivity contribution in [1.29, 1.82) is 0 Å². The Morgan fingerprint density at radius 3 is 2.84 bits per heavy atom.